The van der Waals surface area contributed by atoms with Gasteiger partial charge in [0.1, 0.15) is 18.0 Å². The number of nitrogens with two attached hydrogens (primary N) is 1. The van der Waals surface area contributed by atoms with Crippen LogP contribution in [0.1, 0.15) is 18.2 Å². The molecule has 0 aliphatic carbocycles. The van der Waals surface area contributed by atoms with Crippen LogP contribution in [0.4, 0.5) is 13.2 Å². The summed E-state index contributed by atoms with van der Waals surface area (Å²) in [5.74, 6) is 1.02. The number of methoxy groups -OCH3 is 1. The van der Waals surface area contributed by atoms with Gasteiger partial charge in [-0.3, -0.25) is 5.14 Å². The fourth-order valence-electron chi connectivity index (χ4n) is 2.84. The molecular formula is C19H18F3N3O3S. The van der Waals surface area contributed by atoms with Gasteiger partial charge in [-0.25, -0.2) is 4.68 Å². The number of hydrogen-bond donors (Lipinski definition) is 1. The van der Waals surface area contributed by atoms with Gasteiger partial charge in [-0.2, -0.15) is 18.3 Å². The number of ether oxygens (including phenoxy) is 1. The molecule has 0 saturated heterocycles. The van der Waals surface area contributed by atoms with Gasteiger partial charge in [-0.15, -0.1) is 0 Å². The quantitative estimate of drug-likeness (QED) is 0.250. The number of alkyl halides is 3. The van der Waals surface area contributed by atoms with E-state index in [0.29, 0.717) is 47.1 Å². The lowest BCUT2D eigenvalue weighted by Crippen LogP contribution is -2.07. The van der Waals surface area contributed by atoms with Crippen molar-refractivity contribution in [1.82, 2.24) is 9.78 Å². The molecule has 0 aliphatic rings. The van der Waals surface area contributed by atoms with E-state index in [1.807, 2.05) is 6.92 Å². The molecule has 0 bridgehead atoms. The first kappa shape index (κ1) is 21.0. The van der Waals surface area contributed by atoms with Crippen LogP contribution in [0.15, 0.2) is 48.5 Å². The second-order valence-corrected chi connectivity index (χ2v) is 6.27. The molecule has 2 aromatic carbocycles. The Morgan fingerprint density at radius 1 is 1.10 bits per heavy atom. The van der Waals surface area contributed by atoms with E-state index >= 15 is 0 Å². The third-order valence-electron chi connectivity index (χ3n) is 4.21. The van der Waals surface area contributed by atoms with Crippen molar-refractivity contribution < 1.29 is 27.1 Å². The van der Waals surface area contributed by atoms with Crippen LogP contribution in [0.3, 0.4) is 0 Å². The summed E-state index contributed by atoms with van der Waals surface area (Å²) in [5.41, 5.74) is 1.22. The largest absolute Gasteiger partial charge is 0.496 e. The van der Waals surface area contributed by atoms with Gasteiger partial charge in [-0.1, -0.05) is 11.3 Å². The van der Waals surface area contributed by atoms with Crippen LogP contribution < -0.4 is 14.8 Å². The van der Waals surface area contributed by atoms with E-state index in [-0.39, 0.29) is 0 Å². The molecular weight excluding hydrogens is 407 g/mol. The Balaban J connectivity index is 2.09. The lowest BCUT2D eigenvalue weighted by atomic mass is 10.0. The number of halogens is 3. The van der Waals surface area contributed by atoms with Crippen LogP contribution in [0.25, 0.3) is 16.9 Å². The second-order valence-electron chi connectivity index (χ2n) is 5.95. The molecule has 10 heteroatoms. The van der Waals surface area contributed by atoms with Gasteiger partial charge < -0.3 is 9.62 Å². The molecule has 0 fully saturated rings. The van der Waals surface area contributed by atoms with E-state index in [9.17, 15) is 13.2 Å². The Kier molecular flexibility index (Phi) is 6.36. The minimum atomic E-state index is -4.57. The summed E-state index contributed by atoms with van der Waals surface area (Å²) < 4.78 is 51.1. The maximum Gasteiger partial charge on any atom is 0.435 e. The molecule has 0 amide bonds. The first-order valence-electron chi connectivity index (χ1n) is 8.52. The number of nitrogens with zero attached hydrogens (tertiary/aromatic N) is 2. The Labute approximate surface area is 169 Å². The standard InChI is InChI=1S/C19H18F3N3O3S/c1-3-12-10-13(4-9-17(12)26-2)16-11-18(19(20,21)22)24-25(16)14-5-7-15(8-6-14)27-28-29-23/h4-11H,3,23H2,1-2H3. The second kappa shape index (κ2) is 8.76. The highest BCUT2D eigenvalue weighted by atomic mass is 32.2. The van der Waals surface area contributed by atoms with Gasteiger partial charge in [0, 0.05) is 5.56 Å². The van der Waals surface area contributed by atoms with Gasteiger partial charge in [0.25, 0.3) is 0 Å². The van der Waals surface area contributed by atoms with E-state index in [4.69, 9.17) is 14.8 Å². The predicted octanol–water partition coefficient (Wildman–Crippen LogP) is 4.96. The van der Waals surface area contributed by atoms with Gasteiger partial charge in [0.05, 0.1) is 18.5 Å². The van der Waals surface area contributed by atoms with Crippen LogP contribution in [0.5, 0.6) is 11.5 Å². The lowest BCUT2D eigenvalue weighted by molar-refractivity contribution is -0.141. The first-order valence-corrected chi connectivity index (χ1v) is 9.33. The van der Waals surface area contributed by atoms with Crippen LogP contribution in [-0.4, -0.2) is 16.9 Å². The van der Waals surface area contributed by atoms with Crippen molar-refractivity contribution in [3.05, 3.63) is 59.8 Å². The van der Waals surface area contributed by atoms with Crippen molar-refractivity contribution in [2.75, 3.05) is 7.11 Å². The van der Waals surface area contributed by atoms with Crippen LogP contribution in [0.2, 0.25) is 0 Å². The summed E-state index contributed by atoms with van der Waals surface area (Å²) in [6, 6.07) is 12.5. The molecule has 29 heavy (non-hydrogen) atoms. The minimum Gasteiger partial charge on any atom is -0.496 e. The fourth-order valence-corrected chi connectivity index (χ4v) is 2.96. The van der Waals surface area contributed by atoms with Crippen molar-refractivity contribution in [2.24, 2.45) is 5.14 Å². The lowest BCUT2D eigenvalue weighted by Gasteiger charge is -2.11. The fraction of sp³-hybridized carbons (Fsp3) is 0.211. The highest BCUT2D eigenvalue weighted by Crippen LogP contribution is 2.35. The summed E-state index contributed by atoms with van der Waals surface area (Å²) in [4.78, 5) is 4.89. The van der Waals surface area contributed by atoms with Crippen LogP contribution in [-0.2, 0) is 16.9 Å². The molecule has 3 aromatic rings. The third kappa shape index (κ3) is 4.66. The van der Waals surface area contributed by atoms with E-state index in [1.54, 1.807) is 37.4 Å². The van der Waals surface area contributed by atoms with Crippen LogP contribution >= 0.6 is 12.2 Å². The summed E-state index contributed by atoms with van der Waals surface area (Å²) in [7, 11) is 1.55. The first-order chi connectivity index (χ1) is 13.9. The summed E-state index contributed by atoms with van der Waals surface area (Å²) in [6.07, 6.45) is -3.90. The number of rotatable bonds is 7. The number of aryl methyl sites for hydroxylation is 1. The maximum atomic E-state index is 13.3. The van der Waals surface area contributed by atoms with Crippen LogP contribution in [0, 0.1) is 0 Å². The van der Waals surface area contributed by atoms with Crippen molar-refractivity contribution >= 4 is 12.2 Å². The molecule has 1 aromatic heterocycles. The van der Waals surface area contributed by atoms with E-state index in [1.165, 1.54) is 16.8 Å². The molecule has 0 radical (unpaired) electrons. The molecule has 0 spiro atoms. The SMILES string of the molecule is CCc1cc(-c2cc(C(F)(F)F)nn2-c2ccc(OOSN)cc2)ccc1OC. The summed E-state index contributed by atoms with van der Waals surface area (Å²) >= 11 is 0.534. The van der Waals surface area contributed by atoms with E-state index < -0.39 is 11.9 Å². The van der Waals surface area contributed by atoms with E-state index in [2.05, 4.69) is 9.43 Å². The Morgan fingerprint density at radius 3 is 2.41 bits per heavy atom. The summed E-state index contributed by atoms with van der Waals surface area (Å²) in [5, 5.41) is 8.89. The Morgan fingerprint density at radius 2 is 1.83 bits per heavy atom. The van der Waals surface area contributed by atoms with Gasteiger partial charge in [0.2, 0.25) is 0 Å². The van der Waals surface area contributed by atoms with Crippen molar-refractivity contribution in [2.45, 2.75) is 19.5 Å². The van der Waals surface area contributed by atoms with Crippen molar-refractivity contribution in [3.63, 3.8) is 0 Å². The summed E-state index contributed by atoms with van der Waals surface area (Å²) in [6.45, 7) is 1.94. The molecule has 0 unspecified atom stereocenters. The topological polar surface area (TPSA) is 71.5 Å². The Hall–Kier alpha value is -2.69. The Bertz CT molecular complexity index is 975. The average molecular weight is 425 g/mol. The molecule has 0 saturated carbocycles. The average Bonchev–Trinajstić information content (AvgIpc) is 3.18. The number of benzene rings is 2. The zero-order valence-electron chi connectivity index (χ0n) is 15.6. The van der Waals surface area contributed by atoms with Gasteiger partial charge in [-0.05, 0) is 60.5 Å². The maximum absolute atomic E-state index is 13.3. The van der Waals surface area contributed by atoms with Crippen molar-refractivity contribution in [1.29, 1.82) is 0 Å². The zero-order chi connectivity index (χ0) is 21.0. The van der Waals surface area contributed by atoms with Gasteiger partial charge in [0.15, 0.2) is 11.4 Å². The molecule has 3 rings (SSSR count). The van der Waals surface area contributed by atoms with Gasteiger partial charge >= 0.3 is 6.18 Å². The molecule has 0 aliphatic heterocycles. The molecule has 1 heterocycles. The van der Waals surface area contributed by atoms with Crippen molar-refractivity contribution in [3.8, 4) is 28.4 Å². The minimum absolute atomic E-state index is 0.303. The highest BCUT2D eigenvalue weighted by Gasteiger charge is 2.35. The highest BCUT2D eigenvalue weighted by molar-refractivity contribution is 7.92. The normalized spacial score (nSPS) is 11.5. The predicted molar refractivity (Wildman–Crippen MR) is 103 cm³/mol. The molecule has 2 N–H and O–H groups in total. The van der Waals surface area contributed by atoms with E-state index in [0.717, 1.165) is 11.6 Å². The zero-order valence-corrected chi connectivity index (χ0v) is 16.4. The molecule has 6 nitrogen and oxygen atoms in total. The number of hydrogen-bond acceptors (Lipinski definition) is 6. The third-order valence-corrected chi connectivity index (χ3v) is 4.35. The monoisotopic (exact) mass is 425 g/mol. The number of aromatic nitrogens is 2. The smallest absolute Gasteiger partial charge is 0.435 e. The molecule has 0 atom stereocenters. The molecule has 154 valence electrons.